The quantitative estimate of drug-likeness (QED) is 0.473. The van der Waals surface area contributed by atoms with Gasteiger partial charge in [-0.15, -0.1) is 0 Å². The van der Waals surface area contributed by atoms with Gasteiger partial charge >= 0.3 is 0 Å². The average Bonchev–Trinajstić information content (AvgIpc) is 3.47. The summed E-state index contributed by atoms with van der Waals surface area (Å²) in [5.41, 5.74) is 5.51. The number of carbonyl (C=O) groups is 1. The van der Waals surface area contributed by atoms with Crippen LogP contribution in [0.2, 0.25) is 0 Å². The zero-order valence-electron chi connectivity index (χ0n) is 15.3. The summed E-state index contributed by atoms with van der Waals surface area (Å²) in [7, 11) is 0. The Hall–Kier alpha value is -4.20. The lowest BCUT2D eigenvalue weighted by Crippen LogP contribution is -2.10. The Labute approximate surface area is 164 Å². The number of fused-ring (bicyclic) bond motifs is 1. The molecule has 0 aliphatic heterocycles. The highest BCUT2D eigenvalue weighted by atomic mass is 16.4. The Kier molecular flexibility index (Phi) is 3.94. The number of anilines is 1. The van der Waals surface area contributed by atoms with Gasteiger partial charge in [-0.1, -0.05) is 18.2 Å². The Balaban J connectivity index is 1.49. The van der Waals surface area contributed by atoms with Gasteiger partial charge < -0.3 is 14.2 Å². The number of amides is 1. The molecule has 0 saturated carbocycles. The first kappa shape index (κ1) is 16.9. The smallest absolute Gasteiger partial charge is 0.293 e. The van der Waals surface area contributed by atoms with Gasteiger partial charge in [0.1, 0.15) is 5.52 Å². The van der Waals surface area contributed by atoms with E-state index in [2.05, 4.69) is 25.5 Å². The number of aromatic nitrogens is 4. The number of benzene rings is 2. The van der Waals surface area contributed by atoms with Crippen molar-refractivity contribution in [2.24, 2.45) is 0 Å². The molecule has 2 N–H and O–H groups in total. The first-order chi connectivity index (χ1) is 14.2. The van der Waals surface area contributed by atoms with Crippen molar-refractivity contribution in [3.63, 3.8) is 0 Å². The molecule has 0 aliphatic rings. The molecule has 0 aliphatic carbocycles. The summed E-state index contributed by atoms with van der Waals surface area (Å²) in [4.78, 5) is 20.5. The summed E-state index contributed by atoms with van der Waals surface area (Å²) in [6, 6.07) is 13.2. The number of nitrogens with one attached hydrogen (secondary N) is 2. The molecule has 0 unspecified atom stereocenters. The van der Waals surface area contributed by atoms with E-state index in [0.29, 0.717) is 11.6 Å². The van der Waals surface area contributed by atoms with Crippen LogP contribution < -0.4 is 5.32 Å². The Bertz CT molecular complexity index is 1320. The summed E-state index contributed by atoms with van der Waals surface area (Å²) < 4.78 is 11.0. The topological polar surface area (TPSA) is 110 Å². The number of hydrogen-bond donors (Lipinski definition) is 2. The van der Waals surface area contributed by atoms with Crippen LogP contribution in [0, 0.1) is 6.92 Å². The van der Waals surface area contributed by atoms with Crippen molar-refractivity contribution < 1.29 is 13.6 Å². The third kappa shape index (κ3) is 3.16. The number of aromatic amines is 1. The standard InChI is InChI=1S/C21H15N5O3/c1-12-5-6-16-17(7-12)29-21(25-16)15-9-23-26-19(15)13-3-2-4-14(8-13)24-20(27)18-10-22-11-28-18/h2-11H,1H3,(H,23,26)(H,24,27). The Morgan fingerprint density at radius 2 is 2.07 bits per heavy atom. The van der Waals surface area contributed by atoms with Crippen molar-refractivity contribution >= 4 is 22.7 Å². The minimum atomic E-state index is -0.376. The number of rotatable bonds is 4. The van der Waals surface area contributed by atoms with Crippen molar-refractivity contribution in [1.29, 1.82) is 0 Å². The molecule has 0 radical (unpaired) electrons. The summed E-state index contributed by atoms with van der Waals surface area (Å²) in [5.74, 6) is 0.239. The van der Waals surface area contributed by atoms with E-state index < -0.39 is 0 Å². The van der Waals surface area contributed by atoms with Gasteiger partial charge in [0, 0.05) is 11.3 Å². The van der Waals surface area contributed by atoms with Gasteiger partial charge in [-0.05, 0) is 36.8 Å². The van der Waals surface area contributed by atoms with Crippen molar-refractivity contribution in [2.75, 3.05) is 5.32 Å². The maximum absolute atomic E-state index is 12.2. The molecule has 0 spiro atoms. The Morgan fingerprint density at radius 3 is 2.93 bits per heavy atom. The summed E-state index contributed by atoms with van der Waals surface area (Å²) in [5, 5.41) is 9.94. The second-order valence-electron chi connectivity index (χ2n) is 6.55. The largest absolute Gasteiger partial charge is 0.438 e. The fourth-order valence-electron chi connectivity index (χ4n) is 3.09. The van der Waals surface area contributed by atoms with E-state index in [1.165, 1.54) is 12.6 Å². The van der Waals surface area contributed by atoms with E-state index in [-0.39, 0.29) is 11.7 Å². The SMILES string of the molecule is Cc1ccc2nc(-c3cn[nH]c3-c3cccc(NC(=O)c4cnco4)c3)oc2c1. The first-order valence-electron chi connectivity index (χ1n) is 8.88. The number of carbonyl (C=O) groups excluding carboxylic acids is 1. The summed E-state index contributed by atoms with van der Waals surface area (Å²) in [6.45, 7) is 2.00. The van der Waals surface area contributed by atoms with Crippen LogP contribution in [-0.4, -0.2) is 26.1 Å². The predicted molar refractivity (Wildman–Crippen MR) is 106 cm³/mol. The van der Waals surface area contributed by atoms with Gasteiger partial charge in [-0.2, -0.15) is 5.10 Å². The normalized spacial score (nSPS) is 11.1. The van der Waals surface area contributed by atoms with Gasteiger partial charge in [-0.3, -0.25) is 9.89 Å². The van der Waals surface area contributed by atoms with Crippen molar-refractivity contribution in [2.45, 2.75) is 6.92 Å². The number of nitrogens with zero attached hydrogens (tertiary/aromatic N) is 3. The fraction of sp³-hybridized carbons (Fsp3) is 0.0476. The second-order valence-corrected chi connectivity index (χ2v) is 6.55. The highest BCUT2D eigenvalue weighted by Gasteiger charge is 2.17. The molecule has 2 aromatic carbocycles. The maximum Gasteiger partial charge on any atom is 0.293 e. The van der Waals surface area contributed by atoms with Crippen LogP contribution in [0.5, 0.6) is 0 Å². The third-order valence-corrected chi connectivity index (χ3v) is 4.48. The van der Waals surface area contributed by atoms with Crippen molar-refractivity contribution in [3.8, 4) is 22.7 Å². The van der Waals surface area contributed by atoms with Crippen molar-refractivity contribution in [1.82, 2.24) is 20.2 Å². The lowest BCUT2D eigenvalue weighted by molar-refractivity contribution is 0.0996. The lowest BCUT2D eigenvalue weighted by Gasteiger charge is -2.06. The lowest BCUT2D eigenvalue weighted by atomic mass is 10.1. The molecule has 0 bridgehead atoms. The minimum Gasteiger partial charge on any atom is -0.438 e. The van der Waals surface area contributed by atoms with Crippen LogP contribution in [-0.2, 0) is 0 Å². The van der Waals surface area contributed by atoms with E-state index in [0.717, 1.165) is 33.5 Å². The van der Waals surface area contributed by atoms with E-state index in [1.54, 1.807) is 12.3 Å². The first-order valence-corrected chi connectivity index (χ1v) is 8.88. The summed E-state index contributed by atoms with van der Waals surface area (Å²) in [6.07, 6.45) is 4.25. The average molecular weight is 385 g/mol. The number of hydrogen-bond acceptors (Lipinski definition) is 6. The van der Waals surface area contributed by atoms with Crippen LogP contribution >= 0.6 is 0 Å². The van der Waals surface area contributed by atoms with E-state index >= 15 is 0 Å². The molecule has 8 nitrogen and oxygen atoms in total. The highest BCUT2D eigenvalue weighted by molar-refractivity contribution is 6.02. The molecule has 5 rings (SSSR count). The van der Waals surface area contributed by atoms with Crippen LogP contribution in [0.15, 0.2) is 70.1 Å². The molecule has 3 heterocycles. The molecule has 0 fully saturated rings. The molecule has 0 saturated heterocycles. The zero-order valence-corrected chi connectivity index (χ0v) is 15.3. The van der Waals surface area contributed by atoms with Gasteiger partial charge in [0.05, 0.1) is 23.7 Å². The molecule has 1 amide bonds. The van der Waals surface area contributed by atoms with E-state index in [4.69, 9.17) is 8.83 Å². The molecule has 8 heteroatoms. The molecule has 29 heavy (non-hydrogen) atoms. The van der Waals surface area contributed by atoms with Gasteiger partial charge in [-0.25, -0.2) is 9.97 Å². The monoisotopic (exact) mass is 385 g/mol. The van der Waals surface area contributed by atoms with Gasteiger partial charge in [0.15, 0.2) is 12.0 Å². The number of H-pyrrole nitrogens is 1. The maximum atomic E-state index is 12.2. The fourth-order valence-corrected chi connectivity index (χ4v) is 3.09. The van der Waals surface area contributed by atoms with E-state index in [9.17, 15) is 4.79 Å². The van der Waals surface area contributed by atoms with Gasteiger partial charge in [0.2, 0.25) is 11.7 Å². The minimum absolute atomic E-state index is 0.138. The zero-order chi connectivity index (χ0) is 19.8. The predicted octanol–water partition coefficient (Wildman–Crippen LogP) is 4.43. The second kappa shape index (κ2) is 6.75. The molecule has 5 aromatic rings. The van der Waals surface area contributed by atoms with E-state index in [1.807, 2.05) is 43.3 Å². The molecule has 142 valence electrons. The summed E-state index contributed by atoms with van der Waals surface area (Å²) >= 11 is 0. The highest BCUT2D eigenvalue weighted by Crippen LogP contribution is 2.33. The van der Waals surface area contributed by atoms with Crippen LogP contribution in [0.3, 0.4) is 0 Å². The molecular weight excluding hydrogens is 370 g/mol. The third-order valence-electron chi connectivity index (χ3n) is 4.48. The van der Waals surface area contributed by atoms with Gasteiger partial charge in [0.25, 0.3) is 5.91 Å². The number of aryl methyl sites for hydroxylation is 1. The van der Waals surface area contributed by atoms with Crippen LogP contribution in [0.4, 0.5) is 5.69 Å². The van der Waals surface area contributed by atoms with Crippen molar-refractivity contribution in [3.05, 3.63) is 72.6 Å². The Morgan fingerprint density at radius 1 is 1.14 bits per heavy atom. The molecule has 3 aromatic heterocycles. The molecule has 0 atom stereocenters. The number of oxazole rings is 2. The molecular formula is C21H15N5O3. The van der Waals surface area contributed by atoms with Crippen LogP contribution in [0.25, 0.3) is 33.8 Å². The van der Waals surface area contributed by atoms with Crippen LogP contribution in [0.1, 0.15) is 16.1 Å².